The van der Waals surface area contributed by atoms with Crippen molar-refractivity contribution in [2.75, 3.05) is 24.6 Å². The summed E-state index contributed by atoms with van der Waals surface area (Å²) in [6, 6.07) is 8.05. The van der Waals surface area contributed by atoms with E-state index < -0.39 is 0 Å². The quantitative estimate of drug-likeness (QED) is 0.852. The molecule has 0 saturated carbocycles. The first-order valence-corrected chi connectivity index (χ1v) is 6.97. The summed E-state index contributed by atoms with van der Waals surface area (Å²) >= 11 is 0. The predicted molar refractivity (Wildman–Crippen MR) is 76.4 cm³/mol. The third-order valence-electron chi connectivity index (χ3n) is 3.77. The molecule has 2 aliphatic heterocycles. The van der Waals surface area contributed by atoms with Gasteiger partial charge >= 0.3 is 0 Å². The van der Waals surface area contributed by atoms with Gasteiger partial charge in [0.05, 0.1) is 17.9 Å². The van der Waals surface area contributed by atoms with Gasteiger partial charge in [0, 0.05) is 31.3 Å². The smallest absolute Gasteiger partial charge is 0.230 e. The molecule has 2 aromatic rings. The van der Waals surface area contributed by atoms with Crippen molar-refractivity contribution in [3.63, 3.8) is 0 Å². The highest BCUT2D eigenvalue weighted by Gasteiger charge is 2.22. The maximum absolute atomic E-state index is 5.68. The van der Waals surface area contributed by atoms with E-state index in [1.807, 2.05) is 24.4 Å². The van der Waals surface area contributed by atoms with Gasteiger partial charge in [0.1, 0.15) is 12.4 Å². The van der Waals surface area contributed by atoms with Crippen molar-refractivity contribution in [2.24, 2.45) is 0 Å². The zero-order valence-corrected chi connectivity index (χ0v) is 11.2. The number of aromatic nitrogens is 2. The van der Waals surface area contributed by atoms with Crippen LogP contribution in [0.1, 0.15) is 11.3 Å². The molecular weight excluding hydrogens is 252 g/mol. The predicted octanol–water partition coefficient (Wildman–Crippen LogP) is 1.65. The summed E-state index contributed by atoms with van der Waals surface area (Å²) < 4.78 is 5.68. The van der Waals surface area contributed by atoms with Crippen molar-refractivity contribution in [3.05, 3.63) is 41.7 Å². The lowest BCUT2D eigenvalue weighted by molar-refractivity contribution is 0.313. The van der Waals surface area contributed by atoms with E-state index in [2.05, 4.69) is 21.3 Å². The lowest BCUT2D eigenvalue weighted by Gasteiger charge is -2.30. The maximum atomic E-state index is 5.68. The average molecular weight is 268 g/mol. The lowest BCUT2D eigenvalue weighted by Crippen LogP contribution is -2.31. The van der Waals surface area contributed by atoms with Gasteiger partial charge < -0.3 is 15.0 Å². The number of anilines is 2. The van der Waals surface area contributed by atoms with Gasteiger partial charge in [0.2, 0.25) is 5.95 Å². The van der Waals surface area contributed by atoms with Gasteiger partial charge in [-0.1, -0.05) is 12.1 Å². The summed E-state index contributed by atoms with van der Waals surface area (Å²) in [6.07, 6.45) is 2.92. The SMILES string of the molecule is c1ccc2c(c1)OCCN2c1ncc2c(n1)CCNC2. The fourth-order valence-corrected chi connectivity index (χ4v) is 2.73. The molecule has 5 nitrogen and oxygen atoms in total. The summed E-state index contributed by atoms with van der Waals surface area (Å²) in [5, 5.41) is 3.34. The molecule has 0 bridgehead atoms. The van der Waals surface area contributed by atoms with E-state index in [4.69, 9.17) is 9.72 Å². The second-order valence-corrected chi connectivity index (χ2v) is 5.04. The summed E-state index contributed by atoms with van der Waals surface area (Å²) in [5.41, 5.74) is 3.42. The van der Waals surface area contributed by atoms with E-state index in [-0.39, 0.29) is 0 Å². The topological polar surface area (TPSA) is 50.3 Å². The number of hydrogen-bond acceptors (Lipinski definition) is 5. The van der Waals surface area contributed by atoms with Gasteiger partial charge in [0.15, 0.2) is 0 Å². The van der Waals surface area contributed by atoms with Crippen LogP contribution < -0.4 is 15.0 Å². The minimum absolute atomic E-state index is 0.666. The molecule has 0 radical (unpaired) electrons. The highest BCUT2D eigenvalue weighted by molar-refractivity contribution is 5.66. The zero-order valence-electron chi connectivity index (χ0n) is 11.2. The Morgan fingerprint density at radius 2 is 2.20 bits per heavy atom. The molecule has 1 N–H and O–H groups in total. The van der Waals surface area contributed by atoms with E-state index in [0.29, 0.717) is 6.61 Å². The molecule has 0 saturated heterocycles. The number of nitrogens with zero attached hydrogens (tertiary/aromatic N) is 3. The largest absolute Gasteiger partial charge is 0.490 e. The number of benzene rings is 1. The Hall–Kier alpha value is -2.14. The molecule has 0 unspecified atom stereocenters. The van der Waals surface area contributed by atoms with Crippen LogP contribution in [0.3, 0.4) is 0 Å². The second kappa shape index (κ2) is 4.76. The van der Waals surface area contributed by atoms with Gasteiger partial charge in [-0.15, -0.1) is 0 Å². The van der Waals surface area contributed by atoms with Crippen LogP contribution in [0.15, 0.2) is 30.5 Å². The second-order valence-electron chi connectivity index (χ2n) is 5.04. The number of para-hydroxylation sites is 2. The highest BCUT2D eigenvalue weighted by Crippen LogP contribution is 2.34. The summed E-state index contributed by atoms with van der Waals surface area (Å²) in [6.45, 7) is 3.31. The third-order valence-corrected chi connectivity index (χ3v) is 3.77. The Morgan fingerprint density at radius 1 is 1.25 bits per heavy atom. The first-order chi connectivity index (χ1) is 9.92. The van der Waals surface area contributed by atoms with Crippen LogP contribution in [0.2, 0.25) is 0 Å². The summed E-state index contributed by atoms with van der Waals surface area (Å²) in [4.78, 5) is 11.4. The Labute approximate surface area is 117 Å². The molecule has 102 valence electrons. The molecule has 5 heteroatoms. The van der Waals surface area contributed by atoms with Crippen molar-refractivity contribution >= 4 is 11.6 Å². The van der Waals surface area contributed by atoms with E-state index in [1.165, 1.54) is 5.56 Å². The molecule has 0 spiro atoms. The Morgan fingerprint density at radius 3 is 3.20 bits per heavy atom. The molecule has 20 heavy (non-hydrogen) atoms. The van der Waals surface area contributed by atoms with Gasteiger partial charge in [-0.3, -0.25) is 0 Å². The number of rotatable bonds is 1. The van der Waals surface area contributed by atoms with Gasteiger partial charge in [-0.25, -0.2) is 9.97 Å². The fourth-order valence-electron chi connectivity index (χ4n) is 2.73. The minimum atomic E-state index is 0.666. The Kier molecular flexibility index (Phi) is 2.77. The van der Waals surface area contributed by atoms with Crippen LogP contribution >= 0.6 is 0 Å². The van der Waals surface area contributed by atoms with Crippen molar-refractivity contribution in [2.45, 2.75) is 13.0 Å². The van der Waals surface area contributed by atoms with Crippen LogP contribution in [-0.2, 0) is 13.0 Å². The van der Waals surface area contributed by atoms with Crippen LogP contribution in [-0.4, -0.2) is 29.7 Å². The van der Waals surface area contributed by atoms with Crippen LogP contribution in [0, 0.1) is 0 Å². The molecular formula is C15H16N4O. The van der Waals surface area contributed by atoms with E-state index in [1.54, 1.807) is 0 Å². The monoisotopic (exact) mass is 268 g/mol. The normalized spacial score (nSPS) is 17.1. The van der Waals surface area contributed by atoms with Crippen LogP contribution in [0.25, 0.3) is 0 Å². The van der Waals surface area contributed by atoms with Crippen molar-refractivity contribution in [3.8, 4) is 5.75 Å². The third kappa shape index (κ3) is 1.91. The van der Waals surface area contributed by atoms with E-state index >= 15 is 0 Å². The molecule has 0 amide bonds. The molecule has 0 aliphatic carbocycles. The van der Waals surface area contributed by atoms with Crippen molar-refractivity contribution in [1.29, 1.82) is 0 Å². The number of nitrogens with one attached hydrogen (secondary N) is 1. The highest BCUT2D eigenvalue weighted by atomic mass is 16.5. The summed E-state index contributed by atoms with van der Waals surface area (Å²) in [7, 11) is 0. The van der Waals surface area contributed by atoms with Crippen LogP contribution in [0.5, 0.6) is 5.75 Å². The van der Waals surface area contributed by atoms with Crippen molar-refractivity contribution < 1.29 is 4.74 Å². The Bertz CT molecular complexity index is 644. The first kappa shape index (κ1) is 11.7. The van der Waals surface area contributed by atoms with E-state index in [0.717, 1.165) is 49.1 Å². The molecule has 3 heterocycles. The number of hydrogen-bond donors (Lipinski definition) is 1. The maximum Gasteiger partial charge on any atom is 0.230 e. The minimum Gasteiger partial charge on any atom is -0.490 e. The Balaban J connectivity index is 1.75. The van der Waals surface area contributed by atoms with Crippen molar-refractivity contribution in [1.82, 2.24) is 15.3 Å². The van der Waals surface area contributed by atoms with Gasteiger partial charge in [-0.05, 0) is 12.1 Å². The molecule has 4 rings (SSSR count). The first-order valence-electron chi connectivity index (χ1n) is 6.97. The molecule has 1 aromatic carbocycles. The zero-order chi connectivity index (χ0) is 13.4. The standard InChI is InChI=1S/C15H16N4O/c1-2-4-14-13(3-1)19(7-8-20-14)15-17-10-11-9-16-6-5-12(11)18-15/h1-4,10,16H,5-9H2. The molecule has 0 fully saturated rings. The van der Waals surface area contributed by atoms with E-state index in [9.17, 15) is 0 Å². The van der Waals surface area contributed by atoms with Gasteiger partial charge in [0.25, 0.3) is 0 Å². The number of fused-ring (bicyclic) bond motifs is 2. The fraction of sp³-hybridized carbons (Fsp3) is 0.333. The lowest BCUT2D eigenvalue weighted by atomic mass is 10.1. The number of ether oxygens (including phenoxy) is 1. The van der Waals surface area contributed by atoms with Gasteiger partial charge in [-0.2, -0.15) is 0 Å². The molecule has 2 aliphatic rings. The average Bonchev–Trinajstić information content (AvgIpc) is 2.54. The van der Waals surface area contributed by atoms with Crippen LogP contribution in [0.4, 0.5) is 11.6 Å². The molecule has 1 aromatic heterocycles. The summed E-state index contributed by atoms with van der Waals surface area (Å²) in [5.74, 6) is 1.68. The molecule has 0 atom stereocenters.